The minimum Gasteiger partial charge on any atom is -0.339 e. The number of likely N-dealkylation sites (N-methyl/N-ethyl adjacent to an activating group) is 1. The van der Waals surface area contributed by atoms with Gasteiger partial charge in [-0.15, -0.1) is 0 Å². The molecular formula is C17H34N4O3S. The van der Waals surface area contributed by atoms with Crippen LogP contribution in [0.15, 0.2) is 0 Å². The van der Waals surface area contributed by atoms with Crippen molar-refractivity contribution in [1.82, 2.24) is 19.0 Å². The molecule has 0 aromatic heterocycles. The van der Waals surface area contributed by atoms with E-state index < -0.39 is 10.0 Å². The molecule has 2 heterocycles. The van der Waals surface area contributed by atoms with Crippen LogP contribution >= 0.6 is 0 Å². The zero-order valence-corrected chi connectivity index (χ0v) is 17.1. The number of carbonyl (C=O) groups is 1. The zero-order valence-electron chi connectivity index (χ0n) is 16.3. The summed E-state index contributed by atoms with van der Waals surface area (Å²) < 4.78 is 24.7. The standard InChI is InChI=1S/C17H34N4O3S/c1-14-12-19(13-15(2)21(14)11-10-18(3)4)17(22)16-6-8-20(9-7-16)25(5,23)24/h14-16H,6-13H2,1-5H3. The summed E-state index contributed by atoms with van der Waals surface area (Å²) >= 11 is 0. The Balaban J connectivity index is 1.89. The number of hydrogen-bond donors (Lipinski definition) is 0. The predicted molar refractivity (Wildman–Crippen MR) is 99.9 cm³/mol. The molecule has 8 heteroatoms. The molecule has 0 aromatic carbocycles. The first kappa shape index (κ1) is 20.6. The van der Waals surface area contributed by atoms with Crippen LogP contribution in [-0.2, 0) is 14.8 Å². The van der Waals surface area contributed by atoms with Gasteiger partial charge in [-0.2, -0.15) is 0 Å². The quantitative estimate of drug-likeness (QED) is 0.685. The summed E-state index contributed by atoms with van der Waals surface area (Å²) in [4.78, 5) is 19.6. The second-order valence-electron chi connectivity index (χ2n) is 7.92. The second-order valence-corrected chi connectivity index (χ2v) is 9.90. The fourth-order valence-electron chi connectivity index (χ4n) is 3.99. The number of rotatable bonds is 5. The zero-order chi connectivity index (χ0) is 18.8. The van der Waals surface area contributed by atoms with E-state index in [1.165, 1.54) is 10.6 Å². The maximum absolute atomic E-state index is 12.9. The van der Waals surface area contributed by atoms with Gasteiger partial charge in [0.25, 0.3) is 0 Å². The topological polar surface area (TPSA) is 64.2 Å². The molecule has 146 valence electrons. The van der Waals surface area contributed by atoms with Crippen molar-refractivity contribution in [1.29, 1.82) is 0 Å². The van der Waals surface area contributed by atoms with Crippen LogP contribution < -0.4 is 0 Å². The van der Waals surface area contributed by atoms with E-state index in [9.17, 15) is 13.2 Å². The van der Waals surface area contributed by atoms with E-state index in [4.69, 9.17) is 0 Å². The number of hydrogen-bond acceptors (Lipinski definition) is 5. The smallest absolute Gasteiger partial charge is 0.225 e. The van der Waals surface area contributed by atoms with Crippen molar-refractivity contribution in [2.24, 2.45) is 5.92 Å². The van der Waals surface area contributed by atoms with Gasteiger partial charge in [0, 0.05) is 57.3 Å². The summed E-state index contributed by atoms with van der Waals surface area (Å²) in [6.45, 7) is 8.88. The molecule has 2 rings (SSSR count). The Hall–Kier alpha value is -0.700. The molecule has 2 aliphatic rings. The SMILES string of the molecule is CC1CN(C(=O)C2CCN(S(C)(=O)=O)CC2)CC(C)N1CCN(C)C. The monoisotopic (exact) mass is 374 g/mol. The summed E-state index contributed by atoms with van der Waals surface area (Å²) in [5, 5.41) is 0. The first-order valence-electron chi connectivity index (χ1n) is 9.24. The van der Waals surface area contributed by atoms with Gasteiger partial charge in [-0.3, -0.25) is 9.69 Å². The molecule has 0 bridgehead atoms. The molecule has 0 saturated carbocycles. The number of sulfonamides is 1. The third kappa shape index (κ3) is 5.39. The van der Waals surface area contributed by atoms with E-state index in [0.29, 0.717) is 38.0 Å². The highest BCUT2D eigenvalue weighted by Gasteiger charge is 2.36. The van der Waals surface area contributed by atoms with Gasteiger partial charge < -0.3 is 9.80 Å². The van der Waals surface area contributed by atoms with Crippen molar-refractivity contribution in [2.75, 3.05) is 59.6 Å². The molecule has 2 atom stereocenters. The lowest BCUT2D eigenvalue weighted by Gasteiger charge is -2.46. The van der Waals surface area contributed by atoms with E-state index in [-0.39, 0.29) is 11.8 Å². The Bertz CT molecular complexity index is 546. The molecule has 0 aliphatic carbocycles. The van der Waals surface area contributed by atoms with Gasteiger partial charge in [0.2, 0.25) is 15.9 Å². The molecule has 0 radical (unpaired) electrons. The summed E-state index contributed by atoms with van der Waals surface area (Å²) in [5.74, 6) is 0.171. The predicted octanol–water partition coefficient (Wildman–Crippen LogP) is 0.141. The maximum Gasteiger partial charge on any atom is 0.225 e. The molecule has 2 unspecified atom stereocenters. The van der Waals surface area contributed by atoms with Crippen molar-refractivity contribution in [2.45, 2.75) is 38.8 Å². The number of amides is 1. The first-order valence-corrected chi connectivity index (χ1v) is 11.1. The third-order valence-corrected chi connectivity index (χ3v) is 6.79. The molecule has 2 fully saturated rings. The Labute approximate surface area is 153 Å². The van der Waals surface area contributed by atoms with Crippen molar-refractivity contribution >= 4 is 15.9 Å². The lowest BCUT2D eigenvalue weighted by molar-refractivity contribution is -0.141. The average molecular weight is 375 g/mol. The van der Waals surface area contributed by atoms with Gasteiger partial charge in [0.05, 0.1) is 6.26 Å². The first-order chi connectivity index (χ1) is 11.6. The average Bonchev–Trinajstić information content (AvgIpc) is 2.52. The number of carbonyl (C=O) groups excluding carboxylic acids is 1. The number of nitrogens with zero attached hydrogens (tertiary/aromatic N) is 4. The summed E-state index contributed by atoms with van der Waals surface area (Å²) in [5.41, 5.74) is 0. The van der Waals surface area contributed by atoms with Crippen LogP contribution in [0.25, 0.3) is 0 Å². The Morgan fingerprint density at radius 2 is 1.60 bits per heavy atom. The molecule has 7 nitrogen and oxygen atoms in total. The third-order valence-electron chi connectivity index (χ3n) is 5.49. The van der Waals surface area contributed by atoms with Crippen molar-refractivity contribution in [3.8, 4) is 0 Å². The van der Waals surface area contributed by atoms with Gasteiger partial charge in [0.15, 0.2) is 0 Å². The Morgan fingerprint density at radius 1 is 1.08 bits per heavy atom. The number of piperazine rings is 1. The van der Waals surface area contributed by atoms with E-state index in [2.05, 4.69) is 37.7 Å². The van der Waals surface area contributed by atoms with Crippen molar-refractivity contribution in [3.63, 3.8) is 0 Å². The van der Waals surface area contributed by atoms with E-state index >= 15 is 0 Å². The molecule has 0 spiro atoms. The highest BCUT2D eigenvalue weighted by molar-refractivity contribution is 7.88. The van der Waals surface area contributed by atoms with Gasteiger partial charge in [0.1, 0.15) is 0 Å². The van der Waals surface area contributed by atoms with Crippen molar-refractivity contribution in [3.05, 3.63) is 0 Å². The maximum atomic E-state index is 12.9. The molecule has 25 heavy (non-hydrogen) atoms. The van der Waals surface area contributed by atoms with Gasteiger partial charge >= 0.3 is 0 Å². The van der Waals surface area contributed by atoms with Crippen LogP contribution in [0, 0.1) is 5.92 Å². The second kappa shape index (κ2) is 8.33. The highest BCUT2D eigenvalue weighted by atomic mass is 32.2. The van der Waals surface area contributed by atoms with E-state index in [1.54, 1.807) is 0 Å². The van der Waals surface area contributed by atoms with Gasteiger partial charge in [-0.1, -0.05) is 0 Å². The number of piperidine rings is 1. The molecule has 2 saturated heterocycles. The van der Waals surface area contributed by atoms with E-state index in [0.717, 1.165) is 26.2 Å². The highest BCUT2D eigenvalue weighted by Crippen LogP contribution is 2.24. The van der Waals surface area contributed by atoms with Crippen LogP contribution in [0.2, 0.25) is 0 Å². The Kier molecular flexibility index (Phi) is 6.87. The fraction of sp³-hybridized carbons (Fsp3) is 0.941. The Morgan fingerprint density at radius 3 is 2.04 bits per heavy atom. The largest absolute Gasteiger partial charge is 0.339 e. The molecular weight excluding hydrogens is 340 g/mol. The molecule has 2 aliphatic heterocycles. The van der Waals surface area contributed by atoms with Crippen LogP contribution in [0.4, 0.5) is 0 Å². The normalized spacial score (nSPS) is 27.8. The van der Waals surface area contributed by atoms with Crippen LogP contribution in [-0.4, -0.2) is 105 Å². The van der Waals surface area contributed by atoms with E-state index in [1.807, 2.05) is 4.90 Å². The lowest BCUT2D eigenvalue weighted by Crippen LogP contribution is -2.60. The van der Waals surface area contributed by atoms with Gasteiger partial charge in [-0.05, 0) is 40.8 Å². The minimum absolute atomic E-state index is 0.0364. The molecule has 1 amide bonds. The summed E-state index contributed by atoms with van der Waals surface area (Å²) in [7, 11) is 1.02. The minimum atomic E-state index is -3.14. The van der Waals surface area contributed by atoms with Crippen LogP contribution in [0.5, 0.6) is 0 Å². The molecule has 0 aromatic rings. The molecule has 0 N–H and O–H groups in total. The van der Waals surface area contributed by atoms with Crippen LogP contribution in [0.1, 0.15) is 26.7 Å². The fourth-order valence-corrected chi connectivity index (χ4v) is 4.86. The summed E-state index contributed by atoms with van der Waals surface area (Å²) in [6.07, 6.45) is 2.51. The van der Waals surface area contributed by atoms with Gasteiger partial charge in [-0.25, -0.2) is 12.7 Å². The van der Waals surface area contributed by atoms with Crippen LogP contribution in [0.3, 0.4) is 0 Å². The summed E-state index contributed by atoms with van der Waals surface area (Å²) in [6, 6.07) is 0.701. The lowest BCUT2D eigenvalue weighted by atomic mass is 9.95. The van der Waals surface area contributed by atoms with Crippen molar-refractivity contribution < 1.29 is 13.2 Å².